The lowest BCUT2D eigenvalue weighted by Crippen LogP contribution is -2.40. The van der Waals surface area contributed by atoms with Crippen LogP contribution < -0.4 is 10.2 Å². The summed E-state index contributed by atoms with van der Waals surface area (Å²) in [6, 6.07) is 0. The van der Waals surface area contributed by atoms with Crippen LogP contribution in [0.25, 0.3) is 0 Å². The molecule has 1 N–H and O–H groups in total. The van der Waals surface area contributed by atoms with Gasteiger partial charge in [-0.1, -0.05) is 20.8 Å². The molecule has 0 aromatic carbocycles. The quantitative estimate of drug-likeness (QED) is 0.906. The number of rotatable bonds is 4. The van der Waals surface area contributed by atoms with Crippen LogP contribution in [0.1, 0.15) is 38.4 Å². The number of aryl methyl sites for hydroxylation is 2. The molecule has 0 bridgehead atoms. The molecule has 108 valence electrons. The first-order valence-electron chi connectivity index (χ1n) is 7.51. The average Bonchev–Trinajstić information content (AvgIpc) is 2.59. The van der Waals surface area contributed by atoms with Gasteiger partial charge in [-0.3, -0.25) is 4.68 Å². The summed E-state index contributed by atoms with van der Waals surface area (Å²) in [6.45, 7) is 13.2. The Kier molecular flexibility index (Phi) is 4.50. The maximum Gasteiger partial charge on any atom is 0.131 e. The highest BCUT2D eigenvalue weighted by Crippen LogP contribution is 2.29. The van der Waals surface area contributed by atoms with Crippen molar-refractivity contribution < 1.29 is 0 Å². The Morgan fingerprint density at radius 1 is 1.26 bits per heavy atom. The molecule has 4 nitrogen and oxygen atoms in total. The highest BCUT2D eigenvalue weighted by atomic mass is 15.4. The summed E-state index contributed by atoms with van der Waals surface area (Å²) >= 11 is 0. The first-order chi connectivity index (χ1) is 9.02. The van der Waals surface area contributed by atoms with Gasteiger partial charge in [-0.2, -0.15) is 5.10 Å². The van der Waals surface area contributed by atoms with Crippen LogP contribution in [0.3, 0.4) is 0 Å². The van der Waals surface area contributed by atoms with Gasteiger partial charge in [0.25, 0.3) is 0 Å². The molecule has 19 heavy (non-hydrogen) atoms. The fraction of sp³-hybridized carbons (Fsp3) is 0.800. The van der Waals surface area contributed by atoms with E-state index in [1.54, 1.807) is 0 Å². The molecular weight excluding hydrogens is 236 g/mol. The predicted molar refractivity (Wildman–Crippen MR) is 80.5 cm³/mol. The zero-order valence-electron chi connectivity index (χ0n) is 13.0. The number of piperidine rings is 1. The monoisotopic (exact) mass is 264 g/mol. The maximum absolute atomic E-state index is 4.62. The van der Waals surface area contributed by atoms with E-state index in [4.69, 9.17) is 0 Å². The molecule has 2 atom stereocenters. The molecular formula is C15H28N4. The molecule has 0 radical (unpaired) electrons. The Morgan fingerprint density at radius 3 is 2.47 bits per heavy atom. The highest BCUT2D eigenvalue weighted by Gasteiger charge is 2.26. The minimum Gasteiger partial charge on any atom is -0.356 e. The fourth-order valence-corrected chi connectivity index (χ4v) is 3.38. The van der Waals surface area contributed by atoms with Crippen LogP contribution in [0.5, 0.6) is 0 Å². The minimum absolute atomic E-state index is 0.769. The molecule has 1 aromatic heterocycles. The summed E-state index contributed by atoms with van der Waals surface area (Å²) in [7, 11) is 2.07. The van der Waals surface area contributed by atoms with Gasteiger partial charge in [0.1, 0.15) is 5.82 Å². The number of aromatic nitrogens is 2. The van der Waals surface area contributed by atoms with Gasteiger partial charge in [-0.15, -0.1) is 0 Å². The second-order valence-electron chi connectivity index (χ2n) is 6.14. The number of hydrogen-bond donors (Lipinski definition) is 1. The van der Waals surface area contributed by atoms with E-state index in [0.717, 1.165) is 43.7 Å². The Balaban J connectivity index is 2.27. The maximum atomic E-state index is 4.62. The van der Waals surface area contributed by atoms with Crippen molar-refractivity contribution in [3.05, 3.63) is 11.3 Å². The molecule has 2 heterocycles. The van der Waals surface area contributed by atoms with E-state index in [1.165, 1.54) is 17.8 Å². The van der Waals surface area contributed by atoms with Crippen LogP contribution in [-0.4, -0.2) is 29.4 Å². The summed E-state index contributed by atoms with van der Waals surface area (Å²) in [6.07, 6.45) is 1.34. The van der Waals surface area contributed by atoms with E-state index >= 15 is 0 Å². The molecule has 1 aliphatic rings. The van der Waals surface area contributed by atoms with Crippen molar-refractivity contribution in [1.82, 2.24) is 15.1 Å². The predicted octanol–water partition coefficient (Wildman–Crippen LogP) is 2.32. The Labute approximate surface area is 117 Å². The van der Waals surface area contributed by atoms with Gasteiger partial charge < -0.3 is 10.2 Å². The van der Waals surface area contributed by atoms with E-state index in [2.05, 4.69) is 54.7 Å². The van der Waals surface area contributed by atoms with Gasteiger partial charge >= 0.3 is 0 Å². The molecule has 0 amide bonds. The lowest BCUT2D eigenvalue weighted by molar-refractivity contribution is 0.352. The van der Waals surface area contributed by atoms with Gasteiger partial charge in [0.15, 0.2) is 0 Å². The van der Waals surface area contributed by atoms with E-state index in [1.807, 2.05) is 0 Å². The first kappa shape index (κ1) is 14.4. The van der Waals surface area contributed by atoms with Gasteiger partial charge in [0, 0.05) is 32.2 Å². The van der Waals surface area contributed by atoms with Crippen LogP contribution in [-0.2, 0) is 13.6 Å². The molecule has 1 fully saturated rings. The van der Waals surface area contributed by atoms with Crippen molar-refractivity contribution in [3.8, 4) is 0 Å². The van der Waals surface area contributed by atoms with Crippen molar-refractivity contribution in [2.45, 2.75) is 40.7 Å². The normalized spacial score (nSPS) is 23.9. The second-order valence-corrected chi connectivity index (χ2v) is 6.14. The van der Waals surface area contributed by atoms with Crippen LogP contribution in [0.4, 0.5) is 5.82 Å². The zero-order chi connectivity index (χ0) is 14.0. The lowest BCUT2D eigenvalue weighted by atomic mass is 9.91. The summed E-state index contributed by atoms with van der Waals surface area (Å²) < 4.78 is 2.06. The summed E-state index contributed by atoms with van der Waals surface area (Å²) in [5.41, 5.74) is 2.52. The van der Waals surface area contributed by atoms with Crippen LogP contribution in [0, 0.1) is 18.8 Å². The SMILES string of the molecule is CCNCc1c(C)nn(C)c1N1CC(C)CC(C)C1. The Hall–Kier alpha value is -1.03. The number of anilines is 1. The zero-order valence-corrected chi connectivity index (χ0v) is 13.0. The standard InChI is InChI=1S/C15H28N4/c1-6-16-8-14-13(4)17-18(5)15(14)19-9-11(2)7-12(3)10-19/h11-12,16H,6-10H2,1-5H3. The molecule has 2 unspecified atom stereocenters. The van der Waals surface area contributed by atoms with Gasteiger partial charge in [0.2, 0.25) is 0 Å². The van der Waals surface area contributed by atoms with Crippen molar-refractivity contribution >= 4 is 5.82 Å². The van der Waals surface area contributed by atoms with Gasteiger partial charge in [-0.05, 0) is 31.7 Å². The van der Waals surface area contributed by atoms with Gasteiger partial charge in [0.05, 0.1) is 5.69 Å². The third-order valence-electron chi connectivity index (χ3n) is 4.03. The van der Waals surface area contributed by atoms with Crippen LogP contribution in [0.2, 0.25) is 0 Å². The van der Waals surface area contributed by atoms with Crippen LogP contribution >= 0.6 is 0 Å². The number of hydrogen-bond acceptors (Lipinski definition) is 3. The third-order valence-corrected chi connectivity index (χ3v) is 4.03. The molecule has 1 saturated heterocycles. The van der Waals surface area contributed by atoms with E-state index in [-0.39, 0.29) is 0 Å². The molecule has 1 aliphatic heterocycles. The fourth-order valence-electron chi connectivity index (χ4n) is 3.38. The summed E-state index contributed by atoms with van der Waals surface area (Å²) in [4.78, 5) is 2.53. The number of nitrogens with one attached hydrogen (secondary N) is 1. The molecule has 4 heteroatoms. The van der Waals surface area contributed by atoms with Crippen molar-refractivity contribution in [2.24, 2.45) is 18.9 Å². The first-order valence-corrected chi connectivity index (χ1v) is 7.51. The summed E-state index contributed by atoms with van der Waals surface area (Å²) in [5, 5.41) is 8.06. The average molecular weight is 264 g/mol. The summed E-state index contributed by atoms with van der Waals surface area (Å²) in [5.74, 6) is 2.86. The minimum atomic E-state index is 0.769. The highest BCUT2D eigenvalue weighted by molar-refractivity contribution is 5.50. The molecule has 1 aromatic rings. The van der Waals surface area contributed by atoms with E-state index < -0.39 is 0 Å². The Bertz CT molecular complexity index is 414. The largest absolute Gasteiger partial charge is 0.356 e. The topological polar surface area (TPSA) is 33.1 Å². The lowest BCUT2D eigenvalue weighted by Gasteiger charge is -2.37. The molecule has 2 rings (SSSR count). The van der Waals surface area contributed by atoms with Gasteiger partial charge in [-0.25, -0.2) is 0 Å². The van der Waals surface area contributed by atoms with Crippen LogP contribution in [0.15, 0.2) is 0 Å². The molecule has 0 saturated carbocycles. The van der Waals surface area contributed by atoms with Crippen molar-refractivity contribution in [2.75, 3.05) is 24.5 Å². The van der Waals surface area contributed by atoms with Crippen molar-refractivity contribution in [1.29, 1.82) is 0 Å². The van der Waals surface area contributed by atoms with E-state index in [0.29, 0.717) is 0 Å². The number of nitrogens with zero attached hydrogens (tertiary/aromatic N) is 3. The third kappa shape index (κ3) is 3.11. The molecule has 0 spiro atoms. The van der Waals surface area contributed by atoms with Crippen molar-refractivity contribution in [3.63, 3.8) is 0 Å². The molecule has 0 aliphatic carbocycles. The smallest absolute Gasteiger partial charge is 0.131 e. The second kappa shape index (κ2) is 5.95. The Morgan fingerprint density at radius 2 is 1.89 bits per heavy atom. The van der Waals surface area contributed by atoms with E-state index in [9.17, 15) is 0 Å².